The number of rotatable bonds is 2. The summed E-state index contributed by atoms with van der Waals surface area (Å²) in [6, 6.07) is 5.60. The van der Waals surface area contributed by atoms with E-state index in [1.165, 1.54) is 12.1 Å². The summed E-state index contributed by atoms with van der Waals surface area (Å²) in [5.41, 5.74) is 0.154. The van der Waals surface area contributed by atoms with Crippen molar-refractivity contribution in [1.29, 1.82) is 0 Å². The average molecular weight is 320 g/mol. The normalized spacial score (nSPS) is 24.8. The monoisotopic (exact) mass is 320 g/mol. The van der Waals surface area contributed by atoms with Gasteiger partial charge in [-0.3, -0.25) is 4.79 Å². The van der Waals surface area contributed by atoms with E-state index in [0.29, 0.717) is 19.6 Å². The van der Waals surface area contributed by atoms with Crippen LogP contribution in [0.15, 0.2) is 24.3 Å². The molecule has 3 rings (SSSR count). The van der Waals surface area contributed by atoms with Gasteiger partial charge in [0.25, 0.3) is 0 Å². The molecule has 6 nitrogen and oxygen atoms in total. The average Bonchev–Trinajstić information content (AvgIpc) is 2.75. The minimum atomic E-state index is -0.470. The van der Waals surface area contributed by atoms with E-state index in [2.05, 4.69) is 22.5 Å². The molecule has 2 heterocycles. The van der Waals surface area contributed by atoms with Gasteiger partial charge in [0, 0.05) is 26.2 Å². The molecule has 124 valence electrons. The number of para-hydroxylation sites is 1. The molecule has 0 aliphatic carbocycles. The van der Waals surface area contributed by atoms with Crippen LogP contribution in [0.4, 0.5) is 14.9 Å². The third-order valence-corrected chi connectivity index (χ3v) is 4.41. The van der Waals surface area contributed by atoms with Gasteiger partial charge in [0.1, 0.15) is 5.82 Å². The lowest BCUT2D eigenvalue weighted by atomic mass is 10.1. The number of nitrogens with zero attached hydrogens (tertiary/aromatic N) is 2. The van der Waals surface area contributed by atoms with E-state index in [0.717, 1.165) is 13.1 Å². The van der Waals surface area contributed by atoms with Crippen molar-refractivity contribution in [3.63, 3.8) is 0 Å². The highest BCUT2D eigenvalue weighted by Gasteiger charge is 2.36. The first kappa shape index (κ1) is 15.7. The van der Waals surface area contributed by atoms with Crippen LogP contribution in [0.5, 0.6) is 0 Å². The summed E-state index contributed by atoms with van der Waals surface area (Å²) in [6.45, 7) is 5.08. The molecule has 23 heavy (non-hydrogen) atoms. The number of urea groups is 1. The molecule has 2 fully saturated rings. The molecular formula is C16H21FN4O2. The number of nitrogens with one attached hydrogen (secondary N) is 2. The van der Waals surface area contributed by atoms with Gasteiger partial charge in [-0.05, 0) is 18.7 Å². The molecule has 1 aromatic carbocycles. The Morgan fingerprint density at radius 3 is 2.83 bits per heavy atom. The first-order valence-electron chi connectivity index (χ1n) is 7.90. The zero-order valence-electron chi connectivity index (χ0n) is 13.1. The van der Waals surface area contributed by atoms with Crippen LogP contribution in [-0.2, 0) is 4.79 Å². The first-order chi connectivity index (χ1) is 11.1. The molecule has 2 N–H and O–H groups in total. The van der Waals surface area contributed by atoms with Crippen LogP contribution in [0.2, 0.25) is 0 Å². The Bertz CT molecular complexity index is 609. The van der Waals surface area contributed by atoms with E-state index in [1.807, 2.05) is 0 Å². The standard InChI is InChI=1S/C16H21FN4O2/c1-2-20-7-11-8-21(10-12(9-20)18-15(11)22)16(23)19-14-6-4-3-5-13(14)17/h3-6,11-12H,2,7-10H2,1H3,(H,18,22)(H,19,23)/t11-,12+/m1/s1. The van der Waals surface area contributed by atoms with Gasteiger partial charge in [0.05, 0.1) is 17.6 Å². The second-order valence-electron chi connectivity index (χ2n) is 6.07. The molecule has 0 saturated carbocycles. The maximum Gasteiger partial charge on any atom is 0.322 e. The highest BCUT2D eigenvalue weighted by Crippen LogP contribution is 2.18. The third-order valence-electron chi connectivity index (χ3n) is 4.41. The fourth-order valence-electron chi connectivity index (χ4n) is 3.18. The van der Waals surface area contributed by atoms with Gasteiger partial charge < -0.3 is 20.4 Å². The fourth-order valence-corrected chi connectivity index (χ4v) is 3.18. The smallest absolute Gasteiger partial charge is 0.322 e. The number of hydrogen-bond acceptors (Lipinski definition) is 3. The predicted octanol–water partition coefficient (Wildman–Crippen LogP) is 1.11. The van der Waals surface area contributed by atoms with Gasteiger partial charge in [-0.1, -0.05) is 19.1 Å². The van der Waals surface area contributed by atoms with E-state index in [-0.39, 0.29) is 29.6 Å². The number of benzene rings is 1. The highest BCUT2D eigenvalue weighted by atomic mass is 19.1. The van der Waals surface area contributed by atoms with Gasteiger partial charge >= 0.3 is 6.03 Å². The third kappa shape index (κ3) is 3.44. The molecule has 2 aliphatic heterocycles. The number of amides is 3. The van der Waals surface area contributed by atoms with Crippen molar-refractivity contribution in [2.24, 2.45) is 5.92 Å². The predicted molar refractivity (Wildman–Crippen MR) is 84.5 cm³/mol. The van der Waals surface area contributed by atoms with Crippen LogP contribution in [0, 0.1) is 11.7 Å². The van der Waals surface area contributed by atoms with E-state index in [1.54, 1.807) is 17.0 Å². The summed E-state index contributed by atoms with van der Waals surface area (Å²) in [7, 11) is 0. The van der Waals surface area contributed by atoms with Crippen LogP contribution in [0.25, 0.3) is 0 Å². The van der Waals surface area contributed by atoms with Gasteiger partial charge in [0.15, 0.2) is 0 Å². The molecule has 0 radical (unpaired) electrons. The Balaban J connectivity index is 1.73. The number of halogens is 1. The molecule has 1 aromatic rings. The van der Waals surface area contributed by atoms with Crippen molar-refractivity contribution >= 4 is 17.6 Å². The molecule has 7 heteroatoms. The van der Waals surface area contributed by atoms with E-state index < -0.39 is 5.82 Å². The van der Waals surface area contributed by atoms with Crippen molar-refractivity contribution in [2.75, 3.05) is 38.0 Å². The van der Waals surface area contributed by atoms with Crippen molar-refractivity contribution < 1.29 is 14.0 Å². The number of carbonyl (C=O) groups excluding carboxylic acids is 2. The number of anilines is 1. The molecular weight excluding hydrogens is 299 g/mol. The first-order valence-corrected chi connectivity index (χ1v) is 7.90. The van der Waals surface area contributed by atoms with Crippen LogP contribution in [0.1, 0.15) is 6.92 Å². The van der Waals surface area contributed by atoms with Crippen LogP contribution < -0.4 is 10.6 Å². The van der Waals surface area contributed by atoms with Gasteiger partial charge in [0.2, 0.25) is 5.91 Å². The molecule has 2 saturated heterocycles. The Morgan fingerprint density at radius 1 is 1.30 bits per heavy atom. The summed E-state index contributed by atoms with van der Waals surface area (Å²) in [5.74, 6) is -0.733. The maximum atomic E-state index is 13.7. The number of likely N-dealkylation sites (N-methyl/N-ethyl adjacent to an activating group) is 1. The van der Waals surface area contributed by atoms with Gasteiger partial charge in [-0.25, -0.2) is 9.18 Å². The Morgan fingerprint density at radius 2 is 2.09 bits per heavy atom. The lowest BCUT2D eigenvalue weighted by Gasteiger charge is -2.32. The maximum absolute atomic E-state index is 13.7. The largest absolute Gasteiger partial charge is 0.350 e. The highest BCUT2D eigenvalue weighted by molar-refractivity contribution is 5.90. The van der Waals surface area contributed by atoms with Crippen molar-refractivity contribution in [3.05, 3.63) is 30.1 Å². The zero-order chi connectivity index (χ0) is 16.4. The van der Waals surface area contributed by atoms with Crippen LogP contribution in [-0.4, -0.2) is 60.5 Å². The molecule has 0 unspecified atom stereocenters. The summed E-state index contributed by atoms with van der Waals surface area (Å²) >= 11 is 0. The zero-order valence-corrected chi connectivity index (χ0v) is 13.1. The summed E-state index contributed by atoms with van der Waals surface area (Å²) in [6.07, 6.45) is 0. The second-order valence-corrected chi connectivity index (χ2v) is 6.07. The lowest BCUT2D eigenvalue weighted by molar-refractivity contribution is -0.124. The Kier molecular flexibility index (Phi) is 4.47. The van der Waals surface area contributed by atoms with Gasteiger partial charge in [-0.2, -0.15) is 0 Å². The Hall–Kier alpha value is -2.15. The van der Waals surface area contributed by atoms with Gasteiger partial charge in [-0.15, -0.1) is 0 Å². The number of carbonyl (C=O) groups is 2. The molecule has 2 bridgehead atoms. The van der Waals surface area contributed by atoms with Crippen molar-refractivity contribution in [3.8, 4) is 0 Å². The summed E-state index contributed by atoms with van der Waals surface area (Å²) in [5, 5.41) is 5.59. The minimum absolute atomic E-state index is 0.00728. The van der Waals surface area contributed by atoms with E-state index >= 15 is 0 Å². The fraction of sp³-hybridized carbons (Fsp3) is 0.500. The summed E-state index contributed by atoms with van der Waals surface area (Å²) < 4.78 is 13.7. The van der Waals surface area contributed by atoms with E-state index in [9.17, 15) is 14.0 Å². The topological polar surface area (TPSA) is 64.7 Å². The molecule has 2 aliphatic rings. The second kappa shape index (κ2) is 6.54. The minimum Gasteiger partial charge on any atom is -0.350 e. The molecule has 0 spiro atoms. The van der Waals surface area contributed by atoms with Crippen molar-refractivity contribution in [1.82, 2.24) is 15.1 Å². The molecule has 3 amide bonds. The Labute approximate surface area is 134 Å². The van der Waals surface area contributed by atoms with Crippen molar-refractivity contribution in [2.45, 2.75) is 13.0 Å². The summed E-state index contributed by atoms with van der Waals surface area (Å²) in [4.78, 5) is 28.5. The SMILES string of the molecule is CCN1C[C@H]2CN(C(=O)Nc3ccccc3F)C[C@@H](C1)C(=O)N2. The molecule has 2 atom stereocenters. The molecule has 0 aromatic heterocycles. The van der Waals surface area contributed by atoms with Crippen LogP contribution >= 0.6 is 0 Å². The lowest BCUT2D eigenvalue weighted by Crippen LogP contribution is -2.50. The van der Waals surface area contributed by atoms with E-state index in [4.69, 9.17) is 0 Å². The number of fused-ring (bicyclic) bond motifs is 3. The quantitative estimate of drug-likeness (QED) is 0.858. The number of hydrogen-bond donors (Lipinski definition) is 2. The van der Waals surface area contributed by atoms with Crippen LogP contribution in [0.3, 0.4) is 0 Å².